The number of imidazole rings is 1. The quantitative estimate of drug-likeness (QED) is 0.644. The van der Waals surface area contributed by atoms with E-state index in [4.69, 9.17) is 5.73 Å². The maximum absolute atomic E-state index is 5.57. The Balaban J connectivity index is 2.18. The van der Waals surface area contributed by atoms with Gasteiger partial charge in [-0.2, -0.15) is 0 Å². The third kappa shape index (κ3) is 1.36. The van der Waals surface area contributed by atoms with Gasteiger partial charge in [0, 0.05) is 18.6 Å². The first-order valence-corrected chi connectivity index (χ1v) is 4.69. The second kappa shape index (κ2) is 3.27. The van der Waals surface area contributed by atoms with Crippen LogP contribution in [0.15, 0.2) is 37.2 Å². The zero-order chi connectivity index (χ0) is 11.0. The van der Waals surface area contributed by atoms with Gasteiger partial charge in [-0.15, -0.1) is 0 Å². The van der Waals surface area contributed by atoms with Gasteiger partial charge in [-0.25, -0.2) is 15.0 Å². The van der Waals surface area contributed by atoms with Crippen LogP contribution in [0.25, 0.3) is 17.0 Å². The summed E-state index contributed by atoms with van der Waals surface area (Å²) in [6.45, 7) is 0. The predicted octanol–water partition coefficient (Wildman–Crippen LogP) is 0.768. The molecule has 3 aromatic heterocycles. The van der Waals surface area contributed by atoms with E-state index in [2.05, 4.69) is 19.9 Å². The van der Waals surface area contributed by atoms with Crippen molar-refractivity contribution in [2.24, 2.45) is 0 Å². The van der Waals surface area contributed by atoms with Gasteiger partial charge in [0.15, 0.2) is 5.65 Å². The fourth-order valence-corrected chi connectivity index (χ4v) is 1.46. The average molecular weight is 212 g/mol. The van der Waals surface area contributed by atoms with E-state index in [-0.39, 0.29) is 0 Å². The molecular weight excluding hydrogens is 204 g/mol. The molecule has 0 saturated heterocycles. The van der Waals surface area contributed by atoms with Crippen molar-refractivity contribution in [2.45, 2.75) is 0 Å². The summed E-state index contributed by atoms with van der Waals surface area (Å²) in [7, 11) is 0. The van der Waals surface area contributed by atoms with E-state index in [1.54, 1.807) is 18.6 Å². The van der Waals surface area contributed by atoms with Crippen LogP contribution in [-0.2, 0) is 0 Å². The number of hydrogen-bond donors (Lipinski definition) is 1. The number of nitrogen functional groups attached to an aromatic ring is 1. The molecule has 16 heavy (non-hydrogen) atoms. The maximum Gasteiger partial charge on any atom is 0.155 e. The van der Waals surface area contributed by atoms with E-state index < -0.39 is 0 Å². The van der Waals surface area contributed by atoms with Crippen LogP contribution in [0.4, 0.5) is 5.82 Å². The summed E-state index contributed by atoms with van der Waals surface area (Å²) in [4.78, 5) is 16.5. The largest absolute Gasteiger partial charge is 0.382 e. The molecule has 0 spiro atoms. The predicted molar refractivity (Wildman–Crippen MR) is 58.4 cm³/mol. The van der Waals surface area contributed by atoms with Gasteiger partial charge in [-0.1, -0.05) is 0 Å². The zero-order valence-electron chi connectivity index (χ0n) is 8.28. The van der Waals surface area contributed by atoms with Gasteiger partial charge < -0.3 is 10.1 Å². The lowest BCUT2D eigenvalue weighted by molar-refractivity contribution is 1.11. The van der Waals surface area contributed by atoms with E-state index in [9.17, 15) is 0 Å². The molecule has 6 heteroatoms. The van der Waals surface area contributed by atoms with Crippen molar-refractivity contribution < 1.29 is 0 Å². The molecule has 6 nitrogen and oxygen atoms in total. The number of aromatic nitrogens is 5. The lowest BCUT2D eigenvalue weighted by Gasteiger charge is -2.01. The molecule has 0 fully saturated rings. The molecular formula is C10H8N6. The Morgan fingerprint density at radius 1 is 1.06 bits per heavy atom. The Morgan fingerprint density at radius 3 is 2.88 bits per heavy atom. The normalized spacial score (nSPS) is 10.8. The Morgan fingerprint density at radius 2 is 2.00 bits per heavy atom. The van der Waals surface area contributed by atoms with Crippen molar-refractivity contribution in [3.63, 3.8) is 0 Å². The van der Waals surface area contributed by atoms with Crippen molar-refractivity contribution in [1.29, 1.82) is 0 Å². The first kappa shape index (κ1) is 8.78. The molecule has 0 aliphatic heterocycles. The highest BCUT2D eigenvalue weighted by Gasteiger charge is 2.03. The summed E-state index contributed by atoms with van der Waals surface area (Å²) in [6.07, 6.45) is 10.2. The van der Waals surface area contributed by atoms with Crippen LogP contribution < -0.4 is 5.73 Å². The molecule has 0 atom stereocenters. The topological polar surface area (TPSA) is 82.0 Å². The Labute approximate surface area is 90.8 Å². The highest BCUT2D eigenvalue weighted by atomic mass is 15.0. The number of anilines is 1. The minimum Gasteiger partial charge on any atom is -0.382 e. The Hall–Kier alpha value is -2.50. The van der Waals surface area contributed by atoms with Gasteiger partial charge in [0.1, 0.15) is 17.2 Å². The standard InChI is InChI=1S/C10H8N6/c11-9-4-12-3-7(15-9)8-6-16-2-1-13-10(16)5-14-8/h1-6H,(H2,11,15). The van der Waals surface area contributed by atoms with Gasteiger partial charge in [-0.3, -0.25) is 4.98 Å². The fourth-order valence-electron chi connectivity index (χ4n) is 1.46. The van der Waals surface area contributed by atoms with Gasteiger partial charge in [0.2, 0.25) is 0 Å². The van der Waals surface area contributed by atoms with E-state index in [0.29, 0.717) is 17.2 Å². The molecule has 0 amide bonds. The first-order chi connectivity index (χ1) is 7.83. The van der Waals surface area contributed by atoms with Crippen LogP contribution in [0, 0.1) is 0 Å². The Kier molecular flexibility index (Phi) is 1.79. The molecule has 0 aromatic carbocycles. The minimum atomic E-state index is 0.380. The molecule has 0 radical (unpaired) electrons. The van der Waals surface area contributed by atoms with Crippen LogP contribution >= 0.6 is 0 Å². The monoisotopic (exact) mass is 212 g/mol. The van der Waals surface area contributed by atoms with Gasteiger partial charge in [0.05, 0.1) is 18.6 Å². The number of nitrogens with two attached hydrogens (primary N) is 1. The summed E-state index contributed by atoms with van der Waals surface area (Å²) in [5.41, 5.74) is 7.72. The third-order valence-corrected chi connectivity index (χ3v) is 2.19. The van der Waals surface area contributed by atoms with Gasteiger partial charge in [-0.05, 0) is 0 Å². The van der Waals surface area contributed by atoms with Gasteiger partial charge >= 0.3 is 0 Å². The number of fused-ring (bicyclic) bond motifs is 1. The van der Waals surface area contributed by atoms with Crippen molar-refractivity contribution >= 4 is 11.5 Å². The fraction of sp³-hybridized carbons (Fsp3) is 0. The summed E-state index contributed by atoms with van der Waals surface area (Å²) in [5, 5.41) is 0. The number of hydrogen-bond acceptors (Lipinski definition) is 5. The second-order valence-electron chi connectivity index (χ2n) is 3.29. The molecule has 2 N–H and O–H groups in total. The highest BCUT2D eigenvalue weighted by molar-refractivity contribution is 5.55. The zero-order valence-corrected chi connectivity index (χ0v) is 8.28. The van der Waals surface area contributed by atoms with Gasteiger partial charge in [0.25, 0.3) is 0 Å². The lowest BCUT2D eigenvalue weighted by atomic mass is 10.3. The molecule has 3 aromatic rings. The molecule has 0 aliphatic carbocycles. The highest BCUT2D eigenvalue weighted by Crippen LogP contribution is 2.14. The van der Waals surface area contributed by atoms with Crippen LogP contribution in [0.1, 0.15) is 0 Å². The summed E-state index contributed by atoms with van der Waals surface area (Å²) < 4.78 is 1.87. The molecule has 0 unspecified atom stereocenters. The molecule has 0 bridgehead atoms. The SMILES string of the molecule is Nc1cncc(-c2cn3ccnc3cn2)n1. The minimum absolute atomic E-state index is 0.380. The van der Waals surface area contributed by atoms with E-state index in [1.165, 1.54) is 6.20 Å². The summed E-state index contributed by atoms with van der Waals surface area (Å²) in [5.74, 6) is 0.380. The third-order valence-electron chi connectivity index (χ3n) is 2.19. The smallest absolute Gasteiger partial charge is 0.155 e. The lowest BCUT2D eigenvalue weighted by Crippen LogP contribution is -1.96. The molecule has 0 aliphatic rings. The average Bonchev–Trinajstić information content (AvgIpc) is 2.75. The van der Waals surface area contributed by atoms with Crippen molar-refractivity contribution in [3.05, 3.63) is 37.2 Å². The molecule has 3 rings (SSSR count). The van der Waals surface area contributed by atoms with Crippen LogP contribution in [-0.4, -0.2) is 24.3 Å². The van der Waals surface area contributed by atoms with Crippen molar-refractivity contribution in [2.75, 3.05) is 5.73 Å². The van der Waals surface area contributed by atoms with Crippen molar-refractivity contribution in [1.82, 2.24) is 24.3 Å². The Bertz CT molecular complexity index is 644. The van der Waals surface area contributed by atoms with Crippen molar-refractivity contribution in [3.8, 4) is 11.4 Å². The van der Waals surface area contributed by atoms with Crippen LogP contribution in [0.2, 0.25) is 0 Å². The van der Waals surface area contributed by atoms with E-state index >= 15 is 0 Å². The first-order valence-electron chi connectivity index (χ1n) is 4.69. The molecule has 78 valence electrons. The molecule has 3 heterocycles. The van der Waals surface area contributed by atoms with E-state index in [1.807, 2.05) is 16.8 Å². The summed E-state index contributed by atoms with van der Waals surface area (Å²) in [6, 6.07) is 0. The number of rotatable bonds is 1. The van der Waals surface area contributed by atoms with Crippen LogP contribution in [0.5, 0.6) is 0 Å². The number of nitrogens with zero attached hydrogens (tertiary/aromatic N) is 5. The van der Waals surface area contributed by atoms with Crippen LogP contribution in [0.3, 0.4) is 0 Å². The summed E-state index contributed by atoms with van der Waals surface area (Å²) >= 11 is 0. The maximum atomic E-state index is 5.57. The molecule has 0 saturated carbocycles. The van der Waals surface area contributed by atoms with E-state index in [0.717, 1.165) is 5.65 Å². The second-order valence-corrected chi connectivity index (χ2v) is 3.29.